The van der Waals surface area contributed by atoms with Crippen LogP contribution in [-0.2, 0) is 11.4 Å². The summed E-state index contributed by atoms with van der Waals surface area (Å²) in [7, 11) is 0. The van der Waals surface area contributed by atoms with Gasteiger partial charge in [-0.15, -0.1) is 6.42 Å². The lowest BCUT2D eigenvalue weighted by atomic mass is 10.1. The molecular weight excluding hydrogens is 504 g/mol. The molecule has 0 aliphatic carbocycles. The number of benzene rings is 3. The van der Waals surface area contributed by atoms with E-state index in [1.54, 1.807) is 54.6 Å². The number of nitrogens with one attached hydrogen (secondary N) is 1. The van der Waals surface area contributed by atoms with Gasteiger partial charge in [0.25, 0.3) is 5.91 Å². The zero-order valence-corrected chi connectivity index (χ0v) is 19.7. The quantitative estimate of drug-likeness (QED) is 0.216. The van der Waals surface area contributed by atoms with Crippen molar-refractivity contribution < 1.29 is 14.3 Å². The smallest absolute Gasteiger partial charge is 0.266 e. The molecule has 0 aliphatic heterocycles. The van der Waals surface area contributed by atoms with Crippen molar-refractivity contribution in [3.8, 4) is 29.9 Å². The minimum atomic E-state index is -0.546. The highest BCUT2D eigenvalue weighted by atomic mass is 79.9. The zero-order valence-electron chi connectivity index (χ0n) is 17.3. The van der Waals surface area contributed by atoms with Crippen LogP contribution in [0.25, 0.3) is 6.08 Å². The maximum absolute atomic E-state index is 12.7. The van der Waals surface area contributed by atoms with Crippen LogP contribution >= 0.6 is 27.5 Å². The molecular formula is C26H18BrClN2O3. The summed E-state index contributed by atoms with van der Waals surface area (Å²) in [6, 6.07) is 21.4. The Morgan fingerprint density at radius 3 is 2.48 bits per heavy atom. The number of anilines is 1. The SMILES string of the molecule is C#CCOc1ccc(Br)cc1/C=C(\C#N)C(=O)Nc1ccc(OCc2ccc(Cl)cc2)cc1. The molecule has 0 unspecified atom stereocenters. The number of terminal acetylenes is 1. The fraction of sp³-hybridized carbons (Fsp3) is 0.0769. The number of carbonyl (C=O) groups excluding carboxylic acids is 1. The molecule has 0 saturated carbocycles. The average molecular weight is 522 g/mol. The van der Waals surface area contributed by atoms with E-state index in [4.69, 9.17) is 27.5 Å². The van der Waals surface area contributed by atoms with E-state index in [0.717, 1.165) is 10.0 Å². The van der Waals surface area contributed by atoms with Crippen molar-refractivity contribution in [3.05, 3.63) is 92.9 Å². The number of nitrogens with zero attached hydrogens (tertiary/aromatic N) is 1. The Labute approximate surface area is 205 Å². The van der Waals surface area contributed by atoms with Crippen molar-refractivity contribution in [1.29, 1.82) is 5.26 Å². The molecule has 0 fully saturated rings. The normalized spacial score (nSPS) is 10.6. The van der Waals surface area contributed by atoms with Crippen LogP contribution in [0.15, 0.2) is 76.8 Å². The van der Waals surface area contributed by atoms with Crippen molar-refractivity contribution in [2.45, 2.75) is 6.61 Å². The molecule has 0 aliphatic rings. The van der Waals surface area contributed by atoms with Gasteiger partial charge in [-0.05, 0) is 66.2 Å². The van der Waals surface area contributed by atoms with Crippen LogP contribution in [0.3, 0.4) is 0 Å². The van der Waals surface area contributed by atoms with E-state index in [-0.39, 0.29) is 12.2 Å². The topological polar surface area (TPSA) is 71.3 Å². The number of hydrogen-bond acceptors (Lipinski definition) is 4. The van der Waals surface area contributed by atoms with Crippen molar-refractivity contribution in [2.24, 2.45) is 0 Å². The summed E-state index contributed by atoms with van der Waals surface area (Å²) in [6.07, 6.45) is 6.71. The number of ether oxygens (including phenoxy) is 2. The van der Waals surface area contributed by atoms with Gasteiger partial charge in [-0.2, -0.15) is 5.26 Å². The highest BCUT2D eigenvalue weighted by Gasteiger charge is 2.12. The first-order valence-corrected chi connectivity index (χ1v) is 10.9. The monoisotopic (exact) mass is 520 g/mol. The molecule has 5 nitrogen and oxygen atoms in total. The summed E-state index contributed by atoms with van der Waals surface area (Å²) in [5.41, 5.74) is 1.98. The Balaban J connectivity index is 1.67. The molecule has 0 heterocycles. The average Bonchev–Trinajstić information content (AvgIpc) is 2.82. The van der Waals surface area contributed by atoms with Crippen LogP contribution in [0.5, 0.6) is 11.5 Å². The molecule has 33 heavy (non-hydrogen) atoms. The Bertz CT molecular complexity index is 1240. The van der Waals surface area contributed by atoms with Crippen molar-refractivity contribution >= 4 is 45.2 Å². The number of rotatable bonds is 8. The van der Waals surface area contributed by atoms with Gasteiger partial charge in [-0.25, -0.2) is 0 Å². The van der Waals surface area contributed by atoms with Gasteiger partial charge in [-0.1, -0.05) is 45.6 Å². The van der Waals surface area contributed by atoms with Gasteiger partial charge in [0.2, 0.25) is 0 Å². The maximum Gasteiger partial charge on any atom is 0.266 e. The molecule has 3 rings (SSSR count). The molecule has 7 heteroatoms. The third-order valence-corrected chi connectivity index (χ3v) is 5.12. The van der Waals surface area contributed by atoms with E-state index in [0.29, 0.717) is 34.4 Å². The van der Waals surface area contributed by atoms with Gasteiger partial charge in [0.1, 0.15) is 36.4 Å². The van der Waals surface area contributed by atoms with Gasteiger partial charge < -0.3 is 14.8 Å². The van der Waals surface area contributed by atoms with Crippen LogP contribution in [0.1, 0.15) is 11.1 Å². The molecule has 0 aromatic heterocycles. The van der Waals surface area contributed by atoms with Crippen molar-refractivity contribution in [2.75, 3.05) is 11.9 Å². The van der Waals surface area contributed by atoms with E-state index in [2.05, 4.69) is 27.2 Å². The standard InChI is InChI=1S/C26H18BrClN2O3/c1-2-13-32-25-12-5-21(27)15-19(25)14-20(16-29)26(31)30-23-8-10-24(11-9-23)33-17-18-3-6-22(28)7-4-18/h1,3-12,14-15H,13,17H2,(H,30,31)/b20-14+. The summed E-state index contributed by atoms with van der Waals surface area (Å²) in [5, 5.41) is 12.9. The Morgan fingerprint density at radius 1 is 1.09 bits per heavy atom. The molecule has 1 amide bonds. The lowest BCUT2D eigenvalue weighted by Gasteiger charge is -2.09. The molecule has 0 saturated heterocycles. The van der Waals surface area contributed by atoms with Gasteiger partial charge in [0.15, 0.2) is 0 Å². The summed E-state index contributed by atoms with van der Waals surface area (Å²) in [4.78, 5) is 12.7. The Morgan fingerprint density at radius 2 is 1.82 bits per heavy atom. The largest absolute Gasteiger partial charge is 0.489 e. The summed E-state index contributed by atoms with van der Waals surface area (Å²) < 4.78 is 12.0. The van der Waals surface area contributed by atoms with E-state index < -0.39 is 5.91 Å². The minimum absolute atomic E-state index is 0.0724. The van der Waals surface area contributed by atoms with Gasteiger partial charge in [0, 0.05) is 20.7 Å². The lowest BCUT2D eigenvalue weighted by Crippen LogP contribution is -2.13. The highest BCUT2D eigenvalue weighted by molar-refractivity contribution is 9.10. The van der Waals surface area contributed by atoms with Crippen molar-refractivity contribution in [1.82, 2.24) is 0 Å². The van der Waals surface area contributed by atoms with Gasteiger partial charge in [-0.3, -0.25) is 4.79 Å². The minimum Gasteiger partial charge on any atom is -0.489 e. The molecule has 0 bridgehead atoms. The van der Waals surface area contributed by atoms with Crippen LogP contribution in [0.4, 0.5) is 5.69 Å². The number of hydrogen-bond donors (Lipinski definition) is 1. The number of halogens is 2. The molecule has 0 radical (unpaired) electrons. The van der Waals surface area contributed by atoms with Crippen LogP contribution in [0.2, 0.25) is 5.02 Å². The van der Waals surface area contributed by atoms with Crippen LogP contribution < -0.4 is 14.8 Å². The summed E-state index contributed by atoms with van der Waals surface area (Å²) in [6.45, 7) is 0.462. The number of carbonyl (C=O) groups is 1. The Kier molecular flexibility index (Phi) is 8.55. The summed E-state index contributed by atoms with van der Waals surface area (Å²) >= 11 is 9.26. The van der Waals surface area contributed by atoms with Gasteiger partial charge >= 0.3 is 0 Å². The van der Waals surface area contributed by atoms with E-state index in [9.17, 15) is 10.1 Å². The van der Waals surface area contributed by atoms with Gasteiger partial charge in [0.05, 0.1) is 0 Å². The molecule has 0 spiro atoms. The first kappa shape index (κ1) is 23.9. The van der Waals surface area contributed by atoms with Crippen LogP contribution in [-0.4, -0.2) is 12.5 Å². The second kappa shape index (κ2) is 11.8. The second-order valence-electron chi connectivity index (χ2n) is 6.74. The first-order valence-electron chi connectivity index (χ1n) is 9.75. The lowest BCUT2D eigenvalue weighted by molar-refractivity contribution is -0.112. The molecule has 3 aromatic carbocycles. The molecule has 0 atom stereocenters. The van der Waals surface area contributed by atoms with E-state index >= 15 is 0 Å². The Hall–Kier alpha value is -3.71. The third-order valence-electron chi connectivity index (χ3n) is 4.38. The van der Waals surface area contributed by atoms with Crippen molar-refractivity contribution in [3.63, 3.8) is 0 Å². The third kappa shape index (κ3) is 7.15. The highest BCUT2D eigenvalue weighted by Crippen LogP contribution is 2.26. The zero-order chi connectivity index (χ0) is 23.6. The summed E-state index contributed by atoms with van der Waals surface area (Å²) in [5.74, 6) is 2.96. The number of amides is 1. The number of nitriles is 1. The molecule has 1 N–H and O–H groups in total. The van der Waals surface area contributed by atoms with E-state index in [1.807, 2.05) is 18.2 Å². The maximum atomic E-state index is 12.7. The van der Waals surface area contributed by atoms with Crippen LogP contribution in [0, 0.1) is 23.7 Å². The fourth-order valence-electron chi connectivity index (χ4n) is 2.77. The predicted octanol–water partition coefficient (Wildman–Crippen LogP) is 6.24. The van der Waals surface area contributed by atoms with E-state index in [1.165, 1.54) is 6.08 Å². The first-order chi connectivity index (χ1) is 16.0. The second-order valence-corrected chi connectivity index (χ2v) is 8.09. The predicted molar refractivity (Wildman–Crippen MR) is 133 cm³/mol. The molecule has 164 valence electrons. The molecule has 3 aromatic rings. The fourth-order valence-corrected chi connectivity index (χ4v) is 3.27.